The van der Waals surface area contributed by atoms with Crippen LogP contribution >= 0.6 is 11.3 Å². The van der Waals surface area contributed by atoms with Crippen LogP contribution in [0.2, 0.25) is 0 Å². The Bertz CT molecular complexity index is 1120. The molecule has 4 aromatic rings. The molecule has 0 aliphatic rings. The number of nitrogens with zero attached hydrogens (tertiary/aromatic N) is 4. The minimum absolute atomic E-state index is 0.0751. The van der Waals surface area contributed by atoms with E-state index >= 15 is 0 Å². The SMILES string of the molecule is COc1ccc(-c2nn3cnnc3s2)cc1NC(=O)c1ccc(OC(C)C)cc1. The van der Waals surface area contributed by atoms with Gasteiger partial charge >= 0.3 is 0 Å². The van der Waals surface area contributed by atoms with E-state index in [-0.39, 0.29) is 12.0 Å². The predicted octanol–water partition coefficient (Wildman–Crippen LogP) is 3.90. The first kappa shape index (κ1) is 18.9. The molecular formula is C20H19N5O3S. The maximum absolute atomic E-state index is 12.7. The van der Waals surface area contributed by atoms with Crippen molar-refractivity contribution in [3.05, 3.63) is 54.4 Å². The molecule has 2 heterocycles. The highest BCUT2D eigenvalue weighted by Crippen LogP contribution is 2.32. The van der Waals surface area contributed by atoms with E-state index in [2.05, 4.69) is 20.6 Å². The first-order valence-electron chi connectivity index (χ1n) is 8.97. The highest BCUT2D eigenvalue weighted by Gasteiger charge is 2.14. The zero-order valence-electron chi connectivity index (χ0n) is 16.1. The second-order valence-electron chi connectivity index (χ2n) is 6.53. The van der Waals surface area contributed by atoms with Crippen molar-refractivity contribution < 1.29 is 14.3 Å². The van der Waals surface area contributed by atoms with E-state index < -0.39 is 0 Å². The number of methoxy groups -OCH3 is 1. The van der Waals surface area contributed by atoms with E-state index in [1.54, 1.807) is 48.3 Å². The van der Waals surface area contributed by atoms with Gasteiger partial charge in [0, 0.05) is 11.1 Å². The van der Waals surface area contributed by atoms with Gasteiger partial charge in [0.2, 0.25) is 4.96 Å². The van der Waals surface area contributed by atoms with Crippen LogP contribution in [0.5, 0.6) is 11.5 Å². The number of aromatic nitrogens is 4. The average Bonchev–Trinajstić information content (AvgIpc) is 3.30. The smallest absolute Gasteiger partial charge is 0.255 e. The molecule has 8 nitrogen and oxygen atoms in total. The second kappa shape index (κ2) is 7.88. The van der Waals surface area contributed by atoms with Crippen LogP contribution in [0.25, 0.3) is 15.5 Å². The van der Waals surface area contributed by atoms with E-state index in [0.717, 1.165) is 16.3 Å². The summed E-state index contributed by atoms with van der Waals surface area (Å²) >= 11 is 1.41. The summed E-state index contributed by atoms with van der Waals surface area (Å²) in [7, 11) is 1.56. The number of fused-ring (bicyclic) bond motifs is 1. The molecule has 4 rings (SSSR count). The standard InChI is InChI=1S/C20H19N5O3S/c1-12(2)28-15-7-4-13(5-8-15)18(26)22-16-10-14(6-9-17(16)27-3)19-24-25-11-21-23-20(25)29-19/h4-12H,1-3H3,(H,22,26). The van der Waals surface area contributed by atoms with Gasteiger partial charge in [-0.25, -0.2) is 0 Å². The number of nitrogens with one attached hydrogen (secondary N) is 1. The number of benzene rings is 2. The van der Waals surface area contributed by atoms with E-state index in [9.17, 15) is 4.79 Å². The van der Waals surface area contributed by atoms with E-state index in [0.29, 0.717) is 22.0 Å². The van der Waals surface area contributed by atoms with Crippen LogP contribution in [-0.2, 0) is 0 Å². The Labute approximate surface area is 171 Å². The zero-order chi connectivity index (χ0) is 20.4. The maximum atomic E-state index is 12.7. The molecule has 29 heavy (non-hydrogen) atoms. The highest BCUT2D eigenvalue weighted by molar-refractivity contribution is 7.19. The number of hydrogen-bond donors (Lipinski definition) is 1. The summed E-state index contributed by atoms with van der Waals surface area (Å²) in [6.07, 6.45) is 1.62. The summed E-state index contributed by atoms with van der Waals surface area (Å²) in [5, 5.41) is 15.9. The van der Waals surface area contributed by atoms with Gasteiger partial charge in [-0.05, 0) is 56.3 Å². The van der Waals surface area contributed by atoms with Crippen molar-refractivity contribution in [1.82, 2.24) is 19.8 Å². The Balaban J connectivity index is 1.58. The van der Waals surface area contributed by atoms with Crippen LogP contribution in [-0.4, -0.2) is 38.9 Å². The predicted molar refractivity (Wildman–Crippen MR) is 111 cm³/mol. The van der Waals surface area contributed by atoms with Gasteiger partial charge in [0.05, 0.1) is 18.9 Å². The van der Waals surface area contributed by atoms with Gasteiger partial charge in [-0.1, -0.05) is 11.3 Å². The quantitative estimate of drug-likeness (QED) is 0.519. The molecule has 0 aliphatic heterocycles. The number of amides is 1. The lowest BCUT2D eigenvalue weighted by Gasteiger charge is -2.12. The van der Waals surface area contributed by atoms with E-state index in [1.165, 1.54) is 11.3 Å². The number of ether oxygens (including phenoxy) is 2. The van der Waals surface area contributed by atoms with E-state index in [4.69, 9.17) is 9.47 Å². The molecule has 0 saturated heterocycles. The van der Waals surface area contributed by atoms with Crippen molar-refractivity contribution in [1.29, 1.82) is 0 Å². The largest absolute Gasteiger partial charge is 0.495 e. The third-order valence-corrected chi connectivity index (χ3v) is 5.03. The Morgan fingerprint density at radius 1 is 1.17 bits per heavy atom. The summed E-state index contributed by atoms with van der Waals surface area (Å²) in [4.78, 5) is 13.4. The molecule has 0 spiro atoms. The number of carbonyl (C=O) groups excluding carboxylic acids is 1. The number of rotatable bonds is 6. The minimum atomic E-state index is -0.241. The molecule has 2 aromatic heterocycles. The summed E-state index contributed by atoms with van der Waals surface area (Å²) in [5.41, 5.74) is 1.92. The van der Waals surface area contributed by atoms with Crippen LogP contribution in [0.1, 0.15) is 24.2 Å². The number of hydrogen-bond acceptors (Lipinski definition) is 7. The molecule has 0 fully saturated rings. The van der Waals surface area contributed by atoms with Crippen molar-refractivity contribution in [2.24, 2.45) is 0 Å². The fraction of sp³-hybridized carbons (Fsp3) is 0.200. The zero-order valence-corrected chi connectivity index (χ0v) is 16.9. The summed E-state index contributed by atoms with van der Waals surface area (Å²) in [5.74, 6) is 1.04. The summed E-state index contributed by atoms with van der Waals surface area (Å²) in [6.45, 7) is 3.91. The second-order valence-corrected chi connectivity index (χ2v) is 7.48. The van der Waals surface area contributed by atoms with Gasteiger partial charge in [0.1, 0.15) is 22.8 Å². The molecule has 0 aliphatic carbocycles. The minimum Gasteiger partial charge on any atom is -0.495 e. The fourth-order valence-corrected chi connectivity index (χ4v) is 3.58. The maximum Gasteiger partial charge on any atom is 0.255 e. The molecule has 2 aromatic carbocycles. The Hall–Kier alpha value is -3.46. The van der Waals surface area contributed by atoms with Crippen molar-refractivity contribution in [3.8, 4) is 22.1 Å². The summed E-state index contributed by atoms with van der Waals surface area (Å²) < 4.78 is 12.6. The van der Waals surface area contributed by atoms with Crippen LogP contribution < -0.4 is 14.8 Å². The third-order valence-electron chi connectivity index (χ3n) is 4.07. The Morgan fingerprint density at radius 3 is 2.66 bits per heavy atom. The average molecular weight is 409 g/mol. The van der Waals surface area contributed by atoms with Crippen molar-refractivity contribution in [2.45, 2.75) is 20.0 Å². The lowest BCUT2D eigenvalue weighted by molar-refractivity contribution is 0.102. The molecule has 148 valence electrons. The molecular weight excluding hydrogens is 390 g/mol. The van der Waals surface area contributed by atoms with Crippen molar-refractivity contribution in [3.63, 3.8) is 0 Å². The van der Waals surface area contributed by atoms with Crippen molar-refractivity contribution in [2.75, 3.05) is 12.4 Å². The summed E-state index contributed by atoms with van der Waals surface area (Å²) in [6, 6.07) is 12.5. The lowest BCUT2D eigenvalue weighted by Crippen LogP contribution is -2.13. The van der Waals surface area contributed by atoms with Gasteiger partial charge < -0.3 is 14.8 Å². The monoisotopic (exact) mass is 409 g/mol. The highest BCUT2D eigenvalue weighted by atomic mass is 32.1. The molecule has 0 bridgehead atoms. The van der Waals surface area contributed by atoms with Crippen LogP contribution in [0, 0.1) is 0 Å². The number of carbonyl (C=O) groups is 1. The molecule has 0 saturated carbocycles. The molecule has 0 atom stereocenters. The molecule has 0 unspecified atom stereocenters. The first-order valence-corrected chi connectivity index (χ1v) is 9.78. The normalized spacial score (nSPS) is 11.0. The first-order chi connectivity index (χ1) is 14.0. The van der Waals surface area contributed by atoms with Crippen LogP contribution in [0.15, 0.2) is 48.8 Å². The lowest BCUT2D eigenvalue weighted by atomic mass is 10.1. The third kappa shape index (κ3) is 4.04. The van der Waals surface area contributed by atoms with Gasteiger partial charge in [-0.15, -0.1) is 10.2 Å². The fourth-order valence-electron chi connectivity index (χ4n) is 2.77. The van der Waals surface area contributed by atoms with Crippen molar-refractivity contribution >= 4 is 27.9 Å². The van der Waals surface area contributed by atoms with E-state index in [1.807, 2.05) is 26.0 Å². The topological polar surface area (TPSA) is 90.6 Å². The molecule has 1 N–H and O–H groups in total. The van der Waals surface area contributed by atoms with Crippen LogP contribution in [0.4, 0.5) is 5.69 Å². The van der Waals surface area contributed by atoms with Gasteiger partial charge in [0.25, 0.3) is 5.91 Å². The Morgan fingerprint density at radius 2 is 1.97 bits per heavy atom. The van der Waals surface area contributed by atoms with Gasteiger partial charge in [-0.2, -0.15) is 9.61 Å². The molecule has 0 radical (unpaired) electrons. The molecule has 1 amide bonds. The number of anilines is 1. The van der Waals surface area contributed by atoms with Gasteiger partial charge in [0.15, 0.2) is 0 Å². The molecule has 9 heteroatoms. The van der Waals surface area contributed by atoms with Crippen LogP contribution in [0.3, 0.4) is 0 Å². The Kier molecular flexibility index (Phi) is 5.13. The van der Waals surface area contributed by atoms with Gasteiger partial charge in [-0.3, -0.25) is 4.79 Å².